The first-order valence-electron chi connectivity index (χ1n) is 7.14. The molecule has 0 spiro atoms. The highest BCUT2D eigenvalue weighted by Gasteiger charge is 2.37. The van der Waals surface area contributed by atoms with E-state index in [4.69, 9.17) is 16.3 Å². The number of sulfonamides is 1. The van der Waals surface area contributed by atoms with Crippen molar-refractivity contribution >= 4 is 45.4 Å². The summed E-state index contributed by atoms with van der Waals surface area (Å²) in [6.07, 6.45) is 0. The lowest BCUT2D eigenvalue weighted by molar-refractivity contribution is 0.271. The molecule has 1 fully saturated rings. The van der Waals surface area contributed by atoms with Crippen molar-refractivity contribution in [1.29, 1.82) is 0 Å². The molecule has 0 saturated carbocycles. The predicted octanol–water partition coefficient (Wildman–Crippen LogP) is 3.17. The molecular weight excluding hydrogens is 391 g/mol. The van der Waals surface area contributed by atoms with Crippen molar-refractivity contribution in [2.75, 3.05) is 26.7 Å². The van der Waals surface area contributed by atoms with Gasteiger partial charge in [-0.25, -0.2) is 8.42 Å². The normalized spacial score (nSPS) is 18.8. The topological polar surface area (TPSA) is 58.6 Å². The highest BCUT2D eigenvalue weighted by Crippen LogP contribution is 2.37. The Morgan fingerprint density at radius 1 is 1.33 bits per heavy atom. The van der Waals surface area contributed by atoms with Crippen LogP contribution in [-0.4, -0.2) is 39.5 Å². The van der Waals surface area contributed by atoms with Gasteiger partial charge < -0.3 is 10.1 Å². The maximum atomic E-state index is 13.1. The quantitative estimate of drug-likeness (QED) is 0.843. The number of hydrogen-bond donors (Lipinski definition) is 1. The van der Waals surface area contributed by atoms with E-state index < -0.39 is 10.0 Å². The molecule has 1 atom stereocenters. The molecule has 2 heterocycles. The zero-order chi connectivity index (χ0) is 16.4. The molecule has 0 bridgehead atoms. The van der Waals surface area contributed by atoms with Crippen LogP contribution in [0.4, 0.5) is 0 Å². The van der Waals surface area contributed by atoms with Crippen molar-refractivity contribution in [3.63, 3.8) is 0 Å². The Balaban J connectivity index is 0.00000208. The molecule has 0 aliphatic carbocycles. The second-order valence-electron chi connectivity index (χ2n) is 5.13. The zero-order valence-electron chi connectivity index (χ0n) is 12.9. The molecule has 1 aromatic heterocycles. The Morgan fingerprint density at radius 3 is 2.79 bits per heavy atom. The average molecular weight is 409 g/mol. The summed E-state index contributed by atoms with van der Waals surface area (Å²) in [4.78, 5) is 0. The fourth-order valence-corrected chi connectivity index (χ4v) is 5.97. The summed E-state index contributed by atoms with van der Waals surface area (Å²) < 4.78 is 33.2. The van der Waals surface area contributed by atoms with Gasteiger partial charge in [-0.15, -0.1) is 23.7 Å². The van der Waals surface area contributed by atoms with Crippen LogP contribution in [0.3, 0.4) is 0 Å². The van der Waals surface area contributed by atoms with Crippen molar-refractivity contribution in [1.82, 2.24) is 9.62 Å². The van der Waals surface area contributed by atoms with Crippen LogP contribution >= 0.6 is 35.3 Å². The van der Waals surface area contributed by atoms with Crippen LogP contribution in [0.2, 0.25) is 5.02 Å². The molecule has 3 rings (SSSR count). The summed E-state index contributed by atoms with van der Waals surface area (Å²) in [5, 5.41) is 5.53. The monoisotopic (exact) mass is 408 g/mol. The number of halogens is 2. The maximum absolute atomic E-state index is 13.1. The Morgan fingerprint density at radius 2 is 2.08 bits per heavy atom. The number of nitrogens with zero attached hydrogens (tertiary/aromatic N) is 1. The number of nitrogens with one attached hydrogen (secondary N) is 1. The summed E-state index contributed by atoms with van der Waals surface area (Å²) in [5.41, 5.74) is 0.806. The van der Waals surface area contributed by atoms with Gasteiger partial charge in [0.05, 0.1) is 13.2 Å². The fraction of sp³-hybridized carbons (Fsp3) is 0.333. The number of hydrogen-bond acceptors (Lipinski definition) is 5. The molecule has 5 nitrogen and oxygen atoms in total. The van der Waals surface area contributed by atoms with Gasteiger partial charge in [0.25, 0.3) is 10.0 Å². The third-order valence-electron chi connectivity index (χ3n) is 3.82. The lowest BCUT2D eigenvalue weighted by Crippen LogP contribution is -2.48. The molecular formula is C15H18Cl2N2O3S2. The SMILES string of the molecule is COc1ccsc1S(=O)(=O)N1CCNCC1c1ccccc1Cl.Cl. The van der Waals surface area contributed by atoms with E-state index in [1.54, 1.807) is 17.5 Å². The minimum absolute atomic E-state index is 0. The van der Waals surface area contributed by atoms with E-state index in [2.05, 4.69) is 5.32 Å². The Bertz CT molecular complexity index is 796. The minimum Gasteiger partial charge on any atom is -0.494 e. The molecule has 132 valence electrons. The second-order valence-corrected chi connectivity index (χ2v) is 8.54. The second kappa shape index (κ2) is 8.03. The Hall–Kier alpha value is -0.830. The summed E-state index contributed by atoms with van der Waals surface area (Å²) in [7, 11) is -2.17. The van der Waals surface area contributed by atoms with Gasteiger partial charge in [0.15, 0.2) is 4.21 Å². The average Bonchev–Trinajstić information content (AvgIpc) is 3.05. The molecule has 1 aliphatic rings. The van der Waals surface area contributed by atoms with E-state index in [-0.39, 0.29) is 22.7 Å². The number of rotatable bonds is 4. The number of thiophene rings is 1. The van der Waals surface area contributed by atoms with Gasteiger partial charge >= 0.3 is 0 Å². The van der Waals surface area contributed by atoms with Crippen LogP contribution in [0.5, 0.6) is 5.75 Å². The van der Waals surface area contributed by atoms with Crippen molar-refractivity contribution < 1.29 is 13.2 Å². The first kappa shape index (κ1) is 19.5. The van der Waals surface area contributed by atoms with Crippen molar-refractivity contribution in [2.24, 2.45) is 0 Å². The number of methoxy groups -OCH3 is 1. The lowest BCUT2D eigenvalue weighted by Gasteiger charge is -2.35. The highest BCUT2D eigenvalue weighted by atomic mass is 35.5. The van der Waals surface area contributed by atoms with E-state index in [0.29, 0.717) is 30.4 Å². The maximum Gasteiger partial charge on any atom is 0.256 e. The molecule has 2 aromatic rings. The van der Waals surface area contributed by atoms with Gasteiger partial charge in [0, 0.05) is 24.7 Å². The number of benzene rings is 1. The number of piperazine rings is 1. The molecule has 0 radical (unpaired) electrons. The molecule has 1 N–H and O–H groups in total. The van der Waals surface area contributed by atoms with Crippen LogP contribution in [0.15, 0.2) is 39.9 Å². The van der Waals surface area contributed by atoms with Crippen molar-refractivity contribution in [3.05, 3.63) is 46.3 Å². The van der Waals surface area contributed by atoms with Crippen LogP contribution in [0.1, 0.15) is 11.6 Å². The van der Waals surface area contributed by atoms with E-state index in [1.807, 2.05) is 18.2 Å². The predicted molar refractivity (Wildman–Crippen MR) is 99.1 cm³/mol. The number of ether oxygens (including phenoxy) is 1. The summed E-state index contributed by atoms with van der Waals surface area (Å²) in [5.74, 6) is 0.381. The fourth-order valence-electron chi connectivity index (χ4n) is 2.71. The summed E-state index contributed by atoms with van der Waals surface area (Å²) in [6, 6.07) is 8.69. The minimum atomic E-state index is -3.65. The molecule has 1 unspecified atom stereocenters. The molecule has 1 aliphatic heterocycles. The van der Waals surface area contributed by atoms with Crippen molar-refractivity contribution in [2.45, 2.75) is 10.3 Å². The Kier molecular flexibility index (Phi) is 6.52. The van der Waals surface area contributed by atoms with E-state index in [1.165, 1.54) is 22.8 Å². The first-order valence-corrected chi connectivity index (χ1v) is 9.84. The first-order chi connectivity index (χ1) is 11.1. The van der Waals surface area contributed by atoms with E-state index >= 15 is 0 Å². The van der Waals surface area contributed by atoms with Gasteiger partial charge in [0.2, 0.25) is 0 Å². The lowest BCUT2D eigenvalue weighted by atomic mass is 10.1. The smallest absolute Gasteiger partial charge is 0.256 e. The largest absolute Gasteiger partial charge is 0.494 e. The Labute approximate surface area is 157 Å². The summed E-state index contributed by atoms with van der Waals surface area (Å²) in [6.45, 7) is 1.52. The van der Waals surface area contributed by atoms with Gasteiger partial charge in [-0.05, 0) is 23.1 Å². The molecule has 24 heavy (non-hydrogen) atoms. The standard InChI is InChI=1S/C15H17ClN2O3S2.ClH/c1-21-14-6-9-22-15(14)23(19,20)18-8-7-17-10-13(18)11-4-2-3-5-12(11)16;/h2-6,9,13,17H,7-8,10H2,1H3;1H. The van der Waals surface area contributed by atoms with E-state index in [9.17, 15) is 8.42 Å². The van der Waals surface area contributed by atoms with Crippen molar-refractivity contribution in [3.8, 4) is 5.75 Å². The van der Waals surface area contributed by atoms with E-state index in [0.717, 1.165) is 5.56 Å². The molecule has 1 saturated heterocycles. The zero-order valence-corrected chi connectivity index (χ0v) is 16.1. The van der Waals surface area contributed by atoms with Gasteiger partial charge in [0.1, 0.15) is 5.75 Å². The van der Waals surface area contributed by atoms with Crippen LogP contribution in [0.25, 0.3) is 0 Å². The molecule has 0 amide bonds. The molecule has 9 heteroatoms. The highest BCUT2D eigenvalue weighted by molar-refractivity contribution is 7.91. The third kappa shape index (κ3) is 3.56. The summed E-state index contributed by atoms with van der Waals surface area (Å²) >= 11 is 7.45. The van der Waals surface area contributed by atoms with Crippen LogP contribution < -0.4 is 10.1 Å². The van der Waals surface area contributed by atoms with Gasteiger partial charge in [-0.3, -0.25) is 0 Å². The van der Waals surface area contributed by atoms with Gasteiger partial charge in [-0.1, -0.05) is 29.8 Å². The van der Waals surface area contributed by atoms with Gasteiger partial charge in [-0.2, -0.15) is 4.31 Å². The van der Waals surface area contributed by atoms with Crippen LogP contribution in [-0.2, 0) is 10.0 Å². The molecule has 1 aromatic carbocycles. The third-order valence-corrected chi connectivity index (χ3v) is 7.49. The van der Waals surface area contributed by atoms with Crippen LogP contribution in [0, 0.1) is 0 Å².